The smallest absolute Gasteiger partial charge is 0.309 e. The van der Waals surface area contributed by atoms with Crippen LogP contribution in [-0.2, 0) is 4.79 Å². The lowest BCUT2D eigenvalue weighted by Crippen LogP contribution is -2.58. The molecule has 0 unspecified atom stereocenters. The van der Waals surface area contributed by atoms with E-state index in [1.165, 1.54) is 12.8 Å². The molecule has 2 aliphatic heterocycles. The maximum absolute atomic E-state index is 11.5. The van der Waals surface area contributed by atoms with E-state index in [1.54, 1.807) is 17.4 Å². The second-order valence-electron chi connectivity index (χ2n) is 10.9. The lowest BCUT2D eigenvalue weighted by atomic mass is 9.65. The van der Waals surface area contributed by atoms with E-state index in [2.05, 4.69) is 29.0 Å². The summed E-state index contributed by atoms with van der Waals surface area (Å²) in [6.07, 6.45) is 4.08. The number of halogens is 2. The summed E-state index contributed by atoms with van der Waals surface area (Å²) in [7, 11) is 0. The van der Waals surface area contributed by atoms with Crippen LogP contribution < -0.4 is 10.2 Å². The molecule has 3 fully saturated rings. The highest BCUT2D eigenvalue weighted by Crippen LogP contribution is 2.46. The molecular formula is C26H34Cl2N4O2S. The normalized spacial score (nSPS) is 28.3. The number of aryl methyl sites for hydroxylation is 1. The van der Waals surface area contributed by atoms with Gasteiger partial charge in [0.15, 0.2) is 5.13 Å². The summed E-state index contributed by atoms with van der Waals surface area (Å²) in [4.78, 5) is 21.3. The zero-order chi connectivity index (χ0) is 24.9. The van der Waals surface area contributed by atoms with Crippen LogP contribution in [-0.4, -0.2) is 53.2 Å². The Balaban J connectivity index is 1.14. The number of hydrogen-bond donors (Lipinski definition) is 2. The number of carboxylic acids is 1. The Bertz CT molecular complexity index is 1100. The van der Waals surface area contributed by atoms with Gasteiger partial charge in [0, 0.05) is 35.7 Å². The van der Waals surface area contributed by atoms with Crippen LogP contribution in [0.2, 0.25) is 10.0 Å². The molecule has 3 aliphatic rings. The number of aromatic nitrogens is 1. The SMILES string of the molecule is Cc1nc(N2CC([C@H]3CCCN(C4CC(C)(C(=O)O)C4)C3)C2)sc1N[C@H](C)c1ccc(Cl)cc1Cl. The van der Waals surface area contributed by atoms with Crippen molar-refractivity contribution >= 4 is 50.6 Å². The first-order valence-corrected chi connectivity index (χ1v) is 14.1. The topological polar surface area (TPSA) is 68.7 Å². The number of nitrogens with one attached hydrogen (secondary N) is 1. The summed E-state index contributed by atoms with van der Waals surface area (Å²) < 4.78 is 0. The van der Waals surface area contributed by atoms with Gasteiger partial charge in [-0.2, -0.15) is 0 Å². The van der Waals surface area contributed by atoms with Crippen molar-refractivity contribution in [1.82, 2.24) is 9.88 Å². The van der Waals surface area contributed by atoms with E-state index in [9.17, 15) is 9.90 Å². The molecule has 2 saturated heterocycles. The molecule has 1 aliphatic carbocycles. The first-order valence-electron chi connectivity index (χ1n) is 12.5. The molecule has 9 heteroatoms. The maximum atomic E-state index is 11.5. The van der Waals surface area contributed by atoms with E-state index in [4.69, 9.17) is 28.2 Å². The predicted octanol–water partition coefficient (Wildman–Crippen LogP) is 6.33. The van der Waals surface area contributed by atoms with E-state index in [1.807, 2.05) is 19.1 Å². The Morgan fingerprint density at radius 1 is 1.26 bits per heavy atom. The molecule has 1 saturated carbocycles. The largest absolute Gasteiger partial charge is 0.481 e. The summed E-state index contributed by atoms with van der Waals surface area (Å²) >= 11 is 14.2. The van der Waals surface area contributed by atoms with Crippen molar-refractivity contribution in [3.8, 4) is 0 Å². The van der Waals surface area contributed by atoms with Crippen LogP contribution in [0.4, 0.5) is 10.1 Å². The second kappa shape index (κ2) is 9.73. The number of anilines is 2. The summed E-state index contributed by atoms with van der Waals surface area (Å²) in [6.45, 7) is 10.4. The number of carboxylic acid groups (broad SMARTS) is 1. The molecule has 3 heterocycles. The standard InChI is InChI=1S/C26H34Cl2N4O2S/c1-15(21-7-6-19(27)9-22(21)28)29-23-16(2)30-25(35-23)32-13-18(14-32)17-5-4-8-31(12-17)20-10-26(3,11-20)24(33)34/h6-7,9,15,17-18,20,29H,4-5,8,10-14H2,1-3H3,(H,33,34)/t15-,17+,20?,26?/m1/s1. The van der Waals surface area contributed by atoms with Gasteiger partial charge in [0.1, 0.15) is 5.00 Å². The van der Waals surface area contributed by atoms with Crippen molar-refractivity contribution in [3.63, 3.8) is 0 Å². The molecule has 1 aromatic carbocycles. The molecule has 6 nitrogen and oxygen atoms in total. The van der Waals surface area contributed by atoms with E-state index < -0.39 is 11.4 Å². The van der Waals surface area contributed by atoms with Crippen molar-refractivity contribution in [2.45, 2.75) is 58.5 Å². The van der Waals surface area contributed by atoms with E-state index in [0.717, 1.165) is 60.4 Å². The van der Waals surface area contributed by atoms with Gasteiger partial charge in [-0.15, -0.1) is 0 Å². The fourth-order valence-electron chi connectivity index (χ4n) is 5.92. The lowest BCUT2D eigenvalue weighted by Gasteiger charge is -2.52. The predicted molar refractivity (Wildman–Crippen MR) is 144 cm³/mol. The Hall–Kier alpha value is -1.54. The highest BCUT2D eigenvalue weighted by atomic mass is 35.5. The van der Waals surface area contributed by atoms with Gasteiger partial charge in [0.2, 0.25) is 0 Å². The molecule has 0 bridgehead atoms. The van der Waals surface area contributed by atoms with Gasteiger partial charge < -0.3 is 20.2 Å². The minimum absolute atomic E-state index is 0.0543. The molecule has 5 rings (SSSR count). The molecule has 0 amide bonds. The van der Waals surface area contributed by atoms with Crippen LogP contribution in [0, 0.1) is 24.2 Å². The van der Waals surface area contributed by atoms with Gasteiger partial charge in [-0.05, 0) is 82.5 Å². The Morgan fingerprint density at radius 3 is 2.69 bits per heavy atom. The molecule has 1 aromatic heterocycles. The minimum Gasteiger partial charge on any atom is -0.481 e. The number of hydrogen-bond acceptors (Lipinski definition) is 6. The number of benzene rings is 1. The van der Waals surface area contributed by atoms with E-state index >= 15 is 0 Å². The zero-order valence-electron chi connectivity index (χ0n) is 20.6. The van der Waals surface area contributed by atoms with Crippen molar-refractivity contribution in [1.29, 1.82) is 0 Å². The summed E-state index contributed by atoms with van der Waals surface area (Å²) in [5, 5.41) is 16.5. The summed E-state index contributed by atoms with van der Waals surface area (Å²) in [5.41, 5.74) is 1.52. The second-order valence-corrected chi connectivity index (χ2v) is 12.8. The van der Waals surface area contributed by atoms with Gasteiger partial charge in [0.05, 0.1) is 17.2 Å². The maximum Gasteiger partial charge on any atom is 0.309 e. The van der Waals surface area contributed by atoms with Gasteiger partial charge in [-0.25, -0.2) is 4.98 Å². The minimum atomic E-state index is -0.643. The monoisotopic (exact) mass is 536 g/mol. The van der Waals surface area contributed by atoms with Gasteiger partial charge >= 0.3 is 5.97 Å². The summed E-state index contributed by atoms with van der Waals surface area (Å²) in [6, 6.07) is 6.12. The number of carbonyl (C=O) groups is 1. The third-order valence-corrected chi connectivity index (χ3v) is 10.0. The Labute approximate surface area is 221 Å². The molecule has 0 spiro atoms. The van der Waals surface area contributed by atoms with E-state index in [0.29, 0.717) is 27.9 Å². The van der Waals surface area contributed by atoms with Gasteiger partial charge in [-0.3, -0.25) is 4.79 Å². The first kappa shape index (κ1) is 25.1. The van der Waals surface area contributed by atoms with Crippen LogP contribution in [0.3, 0.4) is 0 Å². The Kier molecular flexibility index (Phi) is 6.98. The van der Waals surface area contributed by atoms with Crippen LogP contribution in [0.25, 0.3) is 0 Å². The average Bonchev–Trinajstić information content (AvgIpc) is 3.09. The number of aliphatic carboxylic acids is 1. The lowest BCUT2D eigenvalue weighted by molar-refractivity contribution is -0.158. The number of piperidine rings is 1. The van der Waals surface area contributed by atoms with Crippen molar-refractivity contribution in [3.05, 3.63) is 39.5 Å². The van der Waals surface area contributed by atoms with Crippen LogP contribution >= 0.6 is 34.5 Å². The Morgan fingerprint density at radius 2 is 2.00 bits per heavy atom. The average molecular weight is 538 g/mol. The number of thiazole rings is 1. The molecular weight excluding hydrogens is 503 g/mol. The molecule has 35 heavy (non-hydrogen) atoms. The summed E-state index contributed by atoms with van der Waals surface area (Å²) in [5.74, 6) is 0.744. The van der Waals surface area contributed by atoms with Crippen LogP contribution in [0.15, 0.2) is 18.2 Å². The fourth-order valence-corrected chi connectivity index (χ4v) is 7.56. The highest BCUT2D eigenvalue weighted by Gasteiger charge is 2.49. The quantitative estimate of drug-likeness (QED) is 0.430. The number of likely N-dealkylation sites (tertiary alicyclic amines) is 1. The number of rotatable bonds is 7. The van der Waals surface area contributed by atoms with Crippen molar-refractivity contribution in [2.75, 3.05) is 36.4 Å². The van der Waals surface area contributed by atoms with Crippen molar-refractivity contribution in [2.24, 2.45) is 17.3 Å². The number of nitrogens with zero attached hydrogens (tertiary/aromatic N) is 3. The van der Waals surface area contributed by atoms with Crippen molar-refractivity contribution < 1.29 is 9.90 Å². The fraction of sp³-hybridized carbons (Fsp3) is 0.615. The molecule has 0 radical (unpaired) electrons. The third kappa shape index (κ3) is 5.02. The molecule has 2 N–H and O–H groups in total. The molecule has 2 atom stereocenters. The first-order chi connectivity index (χ1) is 16.6. The van der Waals surface area contributed by atoms with Crippen LogP contribution in [0.1, 0.15) is 56.8 Å². The van der Waals surface area contributed by atoms with E-state index in [-0.39, 0.29) is 6.04 Å². The third-order valence-electron chi connectivity index (χ3n) is 8.30. The molecule has 190 valence electrons. The van der Waals surface area contributed by atoms with Gasteiger partial charge in [0.25, 0.3) is 0 Å². The highest BCUT2D eigenvalue weighted by molar-refractivity contribution is 7.19. The zero-order valence-corrected chi connectivity index (χ0v) is 22.9. The molecule has 2 aromatic rings. The van der Waals surface area contributed by atoms with Gasteiger partial charge in [-0.1, -0.05) is 40.6 Å². The van der Waals surface area contributed by atoms with Crippen LogP contribution in [0.5, 0.6) is 0 Å².